The van der Waals surface area contributed by atoms with Crippen molar-refractivity contribution >= 4 is 0 Å². The molecule has 12 heavy (non-hydrogen) atoms. The highest BCUT2D eigenvalue weighted by atomic mass is 19.1. The van der Waals surface area contributed by atoms with Gasteiger partial charge in [0.1, 0.15) is 6.17 Å². The van der Waals surface area contributed by atoms with Crippen molar-refractivity contribution in [1.29, 1.82) is 0 Å². The molecule has 0 aromatic rings. The average Bonchev–Trinajstić information content (AvgIpc) is 2.13. The highest BCUT2D eigenvalue weighted by molar-refractivity contribution is 4.70. The molecule has 2 nitrogen and oxygen atoms in total. The highest BCUT2D eigenvalue weighted by Gasteiger charge is 2.16. The molecule has 1 aliphatic heterocycles. The molecule has 2 N–H and O–H groups in total. The van der Waals surface area contributed by atoms with Gasteiger partial charge in [-0.05, 0) is 12.8 Å². The van der Waals surface area contributed by atoms with Crippen LogP contribution >= 0.6 is 0 Å². The van der Waals surface area contributed by atoms with Gasteiger partial charge in [-0.2, -0.15) is 0 Å². The predicted octanol–water partition coefficient (Wildman–Crippen LogP) is 1.65. The van der Waals surface area contributed by atoms with Crippen LogP contribution < -0.4 is 5.73 Å². The van der Waals surface area contributed by atoms with Crippen molar-refractivity contribution in [3.8, 4) is 0 Å². The third kappa shape index (κ3) is 4.67. The third-order valence-corrected chi connectivity index (χ3v) is 1.96. The zero-order valence-corrected chi connectivity index (χ0v) is 8.22. The third-order valence-electron chi connectivity index (χ3n) is 1.96. The Labute approximate surface area is 76.4 Å². The predicted molar refractivity (Wildman–Crippen MR) is 53.1 cm³/mol. The van der Waals surface area contributed by atoms with Crippen LogP contribution in [0.25, 0.3) is 0 Å². The van der Waals surface area contributed by atoms with Gasteiger partial charge in [-0.15, -0.1) is 0 Å². The van der Waals surface area contributed by atoms with Crippen molar-refractivity contribution < 1.29 is 5.82 Å². The molecule has 0 atom stereocenters. The molecular formula is C9H23FN2. The van der Waals surface area contributed by atoms with E-state index in [1.807, 2.05) is 13.8 Å². The zero-order valence-electron chi connectivity index (χ0n) is 8.22. The number of alkyl halides is 1. The smallest absolute Gasteiger partial charge is 0.103 e. The Hall–Kier alpha value is -0.150. The lowest BCUT2D eigenvalue weighted by atomic mass is 10.1. The second-order valence-electron chi connectivity index (χ2n) is 2.80. The average molecular weight is 178 g/mol. The molecule has 1 heterocycles. The van der Waals surface area contributed by atoms with Crippen LogP contribution in [0.1, 0.15) is 28.1 Å². The van der Waals surface area contributed by atoms with Gasteiger partial charge in [0.25, 0.3) is 0 Å². The summed E-state index contributed by atoms with van der Waals surface area (Å²) in [5, 5.41) is 0. The van der Waals surface area contributed by atoms with Gasteiger partial charge in [0.2, 0.25) is 0 Å². The molecular weight excluding hydrogens is 155 g/mol. The summed E-state index contributed by atoms with van der Waals surface area (Å²) in [6, 6.07) is 0. The van der Waals surface area contributed by atoms with Gasteiger partial charge in [-0.3, -0.25) is 0 Å². The maximum absolute atomic E-state index is 12.5. The van der Waals surface area contributed by atoms with Crippen molar-refractivity contribution in [2.45, 2.75) is 32.9 Å². The molecule has 0 aromatic carbocycles. The van der Waals surface area contributed by atoms with E-state index in [2.05, 4.69) is 4.90 Å². The summed E-state index contributed by atoms with van der Waals surface area (Å²) in [6.07, 6.45) is 0.828. The van der Waals surface area contributed by atoms with Crippen molar-refractivity contribution in [3.63, 3.8) is 0 Å². The van der Waals surface area contributed by atoms with E-state index in [1.54, 1.807) is 0 Å². The second-order valence-corrected chi connectivity index (χ2v) is 2.80. The molecule has 0 radical (unpaired) electrons. The van der Waals surface area contributed by atoms with Crippen LogP contribution in [-0.2, 0) is 0 Å². The summed E-state index contributed by atoms with van der Waals surface area (Å²) in [5.41, 5.74) is 5.36. The Balaban J connectivity index is 0. The fourth-order valence-electron chi connectivity index (χ4n) is 1.31. The Morgan fingerprint density at radius 3 is 2.33 bits per heavy atom. The number of nitrogens with zero attached hydrogens (tertiary/aromatic N) is 1. The molecule has 0 amide bonds. The molecule has 0 saturated carbocycles. The number of halogens is 1. The lowest BCUT2D eigenvalue weighted by molar-refractivity contribution is 0.154. The van der Waals surface area contributed by atoms with Crippen molar-refractivity contribution in [1.82, 2.24) is 4.90 Å². The number of rotatable bonds is 2. The van der Waals surface area contributed by atoms with E-state index in [4.69, 9.17) is 5.73 Å². The first kappa shape index (κ1) is 11.8. The normalized spacial score (nSPS) is 20.0. The topological polar surface area (TPSA) is 29.3 Å². The first-order chi connectivity index (χ1) is 5.83. The van der Waals surface area contributed by atoms with Crippen molar-refractivity contribution in [2.75, 3.05) is 26.2 Å². The van der Waals surface area contributed by atoms with Gasteiger partial charge in [0.15, 0.2) is 0 Å². The second kappa shape index (κ2) is 7.50. The summed E-state index contributed by atoms with van der Waals surface area (Å²) in [6.45, 7) is 7.39. The van der Waals surface area contributed by atoms with Crippen LogP contribution in [0, 0.1) is 0 Å². The number of hydrogen-bond acceptors (Lipinski definition) is 2. The molecule has 0 aliphatic carbocycles. The minimum Gasteiger partial charge on any atom is -0.329 e. The summed E-state index contributed by atoms with van der Waals surface area (Å²) in [5.74, 6) is 0. The van der Waals surface area contributed by atoms with Crippen LogP contribution in [0.4, 0.5) is 4.39 Å². The fourth-order valence-corrected chi connectivity index (χ4v) is 1.31. The Kier molecular flexibility index (Phi) is 7.40. The van der Waals surface area contributed by atoms with Crippen LogP contribution in [0.2, 0.25) is 0 Å². The zero-order chi connectivity index (χ0) is 9.40. The number of hydrogen-bond donors (Lipinski definition) is 1. The number of piperidine rings is 1. The molecule has 1 saturated heterocycles. The standard InChI is InChI=1S/C7H15FN2.C2H6.H2/c8-7-1-4-10(5-2-7)6-3-9;1-2;/h7H,1-6,9H2;1-2H3;1H. The first-order valence-corrected chi connectivity index (χ1v) is 4.89. The number of nitrogens with two attached hydrogens (primary N) is 1. The van der Waals surface area contributed by atoms with Crippen LogP contribution in [0.5, 0.6) is 0 Å². The van der Waals surface area contributed by atoms with Gasteiger partial charge in [0.05, 0.1) is 0 Å². The van der Waals surface area contributed by atoms with Gasteiger partial charge >= 0.3 is 0 Å². The SMILES string of the molecule is CC.NCCN1CCC(F)CC1.[HH]. The van der Waals surface area contributed by atoms with E-state index in [0.29, 0.717) is 19.4 Å². The van der Waals surface area contributed by atoms with Crippen LogP contribution in [0.15, 0.2) is 0 Å². The maximum Gasteiger partial charge on any atom is 0.103 e. The Morgan fingerprint density at radius 1 is 1.42 bits per heavy atom. The van der Waals surface area contributed by atoms with Gasteiger partial charge in [-0.1, -0.05) is 13.8 Å². The maximum atomic E-state index is 12.5. The minimum absolute atomic E-state index is 0. The minimum atomic E-state index is -0.561. The van der Waals surface area contributed by atoms with Crippen molar-refractivity contribution in [2.24, 2.45) is 5.73 Å². The molecule has 0 bridgehead atoms. The van der Waals surface area contributed by atoms with E-state index >= 15 is 0 Å². The molecule has 3 heteroatoms. The quantitative estimate of drug-likeness (QED) is 0.696. The van der Waals surface area contributed by atoms with Gasteiger partial charge < -0.3 is 10.6 Å². The number of likely N-dealkylation sites (tertiary alicyclic amines) is 1. The molecule has 1 fully saturated rings. The van der Waals surface area contributed by atoms with E-state index in [-0.39, 0.29) is 1.43 Å². The lowest BCUT2D eigenvalue weighted by Gasteiger charge is -2.27. The first-order valence-electron chi connectivity index (χ1n) is 4.89. The molecule has 0 aromatic heterocycles. The monoisotopic (exact) mass is 178 g/mol. The van der Waals surface area contributed by atoms with Crippen LogP contribution in [-0.4, -0.2) is 37.3 Å². The Bertz CT molecular complexity index is 95.6. The molecule has 1 rings (SSSR count). The van der Waals surface area contributed by atoms with Gasteiger partial charge in [-0.25, -0.2) is 4.39 Å². The summed E-state index contributed by atoms with van der Waals surface area (Å²) < 4.78 is 12.5. The van der Waals surface area contributed by atoms with E-state index in [1.165, 1.54) is 0 Å². The summed E-state index contributed by atoms with van der Waals surface area (Å²) in [4.78, 5) is 2.22. The molecule has 0 spiro atoms. The molecule has 0 unspecified atom stereocenters. The van der Waals surface area contributed by atoms with Gasteiger partial charge in [0, 0.05) is 27.6 Å². The molecule has 76 valence electrons. The fraction of sp³-hybridized carbons (Fsp3) is 1.00. The van der Waals surface area contributed by atoms with Crippen molar-refractivity contribution in [3.05, 3.63) is 0 Å². The largest absolute Gasteiger partial charge is 0.329 e. The summed E-state index contributed by atoms with van der Waals surface area (Å²) >= 11 is 0. The van der Waals surface area contributed by atoms with Crippen LogP contribution in [0.3, 0.4) is 0 Å². The molecule has 1 aliphatic rings. The lowest BCUT2D eigenvalue weighted by Crippen LogP contribution is -2.37. The Morgan fingerprint density at radius 2 is 1.92 bits per heavy atom. The highest BCUT2D eigenvalue weighted by Crippen LogP contribution is 2.11. The van der Waals surface area contributed by atoms with E-state index in [9.17, 15) is 4.39 Å². The van der Waals surface area contributed by atoms with E-state index < -0.39 is 6.17 Å². The summed E-state index contributed by atoms with van der Waals surface area (Å²) in [7, 11) is 0. The van der Waals surface area contributed by atoms with E-state index in [0.717, 1.165) is 19.6 Å².